The number of aromatic nitrogens is 1. The molecule has 0 atom stereocenters. The van der Waals surface area contributed by atoms with Crippen molar-refractivity contribution in [2.75, 3.05) is 7.05 Å². The number of hydrogen-bond acceptors (Lipinski definition) is 5. The number of benzene rings is 1. The Morgan fingerprint density at radius 1 is 1.38 bits per heavy atom. The molecule has 0 saturated carbocycles. The Hall–Kier alpha value is -1.28. The van der Waals surface area contributed by atoms with Crippen molar-refractivity contribution in [3.63, 3.8) is 0 Å². The first-order chi connectivity index (χ1) is 9.98. The number of nitrogens with zero attached hydrogens (tertiary/aromatic N) is 2. The Morgan fingerprint density at radius 3 is 2.71 bits per heavy atom. The van der Waals surface area contributed by atoms with E-state index in [0.29, 0.717) is 17.9 Å². The minimum Gasteiger partial charge on any atom is -0.326 e. The van der Waals surface area contributed by atoms with Gasteiger partial charge in [-0.3, -0.25) is 0 Å². The fraction of sp³-hybridized carbons (Fsp3) is 0.357. The summed E-state index contributed by atoms with van der Waals surface area (Å²) in [5.74, 6) is 0. The molecule has 0 aliphatic carbocycles. The second-order valence-electron chi connectivity index (χ2n) is 4.74. The molecular weight excluding hydrogens is 306 g/mol. The van der Waals surface area contributed by atoms with E-state index in [1.54, 1.807) is 18.6 Å². The molecule has 2 aromatic rings. The quantitative estimate of drug-likeness (QED) is 0.881. The van der Waals surface area contributed by atoms with E-state index in [1.807, 2.05) is 24.4 Å². The van der Waals surface area contributed by atoms with Gasteiger partial charge in [0.2, 0.25) is 10.0 Å². The van der Waals surface area contributed by atoms with Gasteiger partial charge >= 0.3 is 0 Å². The van der Waals surface area contributed by atoms with E-state index in [4.69, 9.17) is 5.73 Å². The maximum atomic E-state index is 12.8. The van der Waals surface area contributed by atoms with E-state index < -0.39 is 10.0 Å². The second-order valence-corrected chi connectivity index (χ2v) is 7.47. The Morgan fingerprint density at radius 2 is 2.14 bits per heavy atom. The first kappa shape index (κ1) is 16.1. The van der Waals surface area contributed by atoms with Gasteiger partial charge in [0.05, 0.1) is 22.6 Å². The molecule has 0 aliphatic rings. The van der Waals surface area contributed by atoms with Gasteiger partial charge in [0.25, 0.3) is 0 Å². The minimum atomic E-state index is -3.55. The van der Waals surface area contributed by atoms with Gasteiger partial charge in [-0.1, -0.05) is 19.1 Å². The van der Waals surface area contributed by atoms with Crippen LogP contribution in [0.15, 0.2) is 34.0 Å². The van der Waals surface area contributed by atoms with Crippen LogP contribution >= 0.6 is 11.3 Å². The predicted molar refractivity (Wildman–Crippen MR) is 84.5 cm³/mol. The van der Waals surface area contributed by atoms with E-state index in [-0.39, 0.29) is 6.54 Å². The molecule has 1 aromatic carbocycles. The molecule has 0 spiro atoms. The molecule has 114 valence electrons. The highest BCUT2D eigenvalue weighted by Crippen LogP contribution is 2.23. The molecule has 2 rings (SSSR count). The fourth-order valence-electron chi connectivity index (χ4n) is 2.05. The van der Waals surface area contributed by atoms with Crippen LogP contribution in [0, 0.1) is 0 Å². The first-order valence-electron chi connectivity index (χ1n) is 6.64. The van der Waals surface area contributed by atoms with Gasteiger partial charge in [0.15, 0.2) is 0 Å². The van der Waals surface area contributed by atoms with Gasteiger partial charge in [-0.2, -0.15) is 4.31 Å². The van der Waals surface area contributed by atoms with Crippen LogP contribution in [-0.4, -0.2) is 24.8 Å². The van der Waals surface area contributed by atoms with Gasteiger partial charge < -0.3 is 5.73 Å². The summed E-state index contributed by atoms with van der Waals surface area (Å²) in [6.07, 6.45) is 0.657. The average Bonchev–Trinajstić information content (AvgIpc) is 2.99. The SMILES string of the molecule is CCc1ccc(CN)cc1S(=O)(=O)N(C)Cc1cscn1. The standard InChI is InChI=1S/C14H19N3O2S2/c1-3-12-5-4-11(7-15)6-14(12)21(18,19)17(2)8-13-9-20-10-16-13/h4-6,9-10H,3,7-8,15H2,1-2H3. The fourth-order valence-corrected chi connectivity index (χ4v) is 4.09. The van der Waals surface area contributed by atoms with Crippen molar-refractivity contribution in [1.29, 1.82) is 0 Å². The molecule has 0 bridgehead atoms. The Kier molecular flexibility index (Phi) is 5.10. The predicted octanol–water partition coefficient (Wildman–Crippen LogP) is 1.98. The summed E-state index contributed by atoms with van der Waals surface area (Å²) in [7, 11) is -1.98. The Balaban J connectivity index is 2.38. The van der Waals surface area contributed by atoms with Gasteiger partial charge in [-0.05, 0) is 23.6 Å². The highest BCUT2D eigenvalue weighted by molar-refractivity contribution is 7.89. The van der Waals surface area contributed by atoms with Crippen molar-refractivity contribution < 1.29 is 8.42 Å². The Bertz CT molecular complexity index is 697. The summed E-state index contributed by atoms with van der Waals surface area (Å²) >= 11 is 1.45. The molecule has 0 fully saturated rings. The van der Waals surface area contributed by atoms with Crippen LogP contribution in [0.5, 0.6) is 0 Å². The first-order valence-corrected chi connectivity index (χ1v) is 9.02. The zero-order valence-electron chi connectivity index (χ0n) is 12.1. The number of hydrogen-bond donors (Lipinski definition) is 1. The summed E-state index contributed by atoms with van der Waals surface area (Å²) in [6, 6.07) is 5.38. The lowest BCUT2D eigenvalue weighted by molar-refractivity contribution is 0.462. The Labute approximate surface area is 129 Å². The molecule has 0 saturated heterocycles. The van der Waals surface area contributed by atoms with Crippen molar-refractivity contribution in [2.24, 2.45) is 5.73 Å². The third-order valence-electron chi connectivity index (χ3n) is 3.30. The molecule has 0 radical (unpaired) electrons. The number of aryl methyl sites for hydroxylation is 1. The van der Waals surface area contributed by atoms with Gasteiger partial charge in [-0.25, -0.2) is 13.4 Å². The van der Waals surface area contributed by atoms with E-state index in [2.05, 4.69) is 4.98 Å². The lowest BCUT2D eigenvalue weighted by Crippen LogP contribution is -2.27. The average molecular weight is 325 g/mol. The highest BCUT2D eigenvalue weighted by atomic mass is 32.2. The summed E-state index contributed by atoms with van der Waals surface area (Å²) in [4.78, 5) is 4.47. The van der Waals surface area contributed by atoms with E-state index >= 15 is 0 Å². The second kappa shape index (κ2) is 6.65. The number of sulfonamides is 1. The van der Waals surface area contributed by atoms with Crippen LogP contribution in [0.2, 0.25) is 0 Å². The molecule has 1 aromatic heterocycles. The largest absolute Gasteiger partial charge is 0.326 e. The van der Waals surface area contributed by atoms with E-state index in [1.165, 1.54) is 15.6 Å². The number of nitrogens with two attached hydrogens (primary N) is 1. The highest BCUT2D eigenvalue weighted by Gasteiger charge is 2.24. The smallest absolute Gasteiger partial charge is 0.243 e. The molecule has 0 amide bonds. The van der Waals surface area contributed by atoms with Crippen molar-refractivity contribution >= 4 is 21.4 Å². The third-order valence-corrected chi connectivity index (χ3v) is 5.83. The van der Waals surface area contributed by atoms with Crippen molar-refractivity contribution in [2.45, 2.75) is 31.3 Å². The zero-order valence-corrected chi connectivity index (χ0v) is 13.7. The molecular formula is C14H19N3O2S2. The van der Waals surface area contributed by atoms with Crippen molar-refractivity contribution in [1.82, 2.24) is 9.29 Å². The van der Waals surface area contributed by atoms with Crippen molar-refractivity contribution in [3.05, 3.63) is 45.9 Å². The van der Waals surface area contributed by atoms with Gasteiger partial charge in [0, 0.05) is 19.0 Å². The van der Waals surface area contributed by atoms with Crippen LogP contribution in [-0.2, 0) is 29.5 Å². The lowest BCUT2D eigenvalue weighted by atomic mass is 10.1. The van der Waals surface area contributed by atoms with Gasteiger partial charge in [-0.15, -0.1) is 11.3 Å². The van der Waals surface area contributed by atoms with Crippen LogP contribution in [0.25, 0.3) is 0 Å². The normalized spacial score (nSPS) is 12.0. The van der Waals surface area contributed by atoms with Crippen LogP contribution in [0.1, 0.15) is 23.7 Å². The summed E-state index contributed by atoms with van der Waals surface area (Å²) in [5, 5.41) is 1.85. The minimum absolute atomic E-state index is 0.266. The molecule has 2 N–H and O–H groups in total. The molecule has 5 nitrogen and oxygen atoms in total. The maximum absolute atomic E-state index is 12.8. The van der Waals surface area contributed by atoms with E-state index in [9.17, 15) is 8.42 Å². The molecule has 7 heteroatoms. The monoisotopic (exact) mass is 325 g/mol. The van der Waals surface area contributed by atoms with Crippen LogP contribution in [0.3, 0.4) is 0 Å². The molecule has 0 unspecified atom stereocenters. The van der Waals surface area contributed by atoms with Crippen molar-refractivity contribution in [3.8, 4) is 0 Å². The number of thiazole rings is 1. The number of rotatable bonds is 6. The molecule has 1 heterocycles. The van der Waals surface area contributed by atoms with Crippen LogP contribution < -0.4 is 5.73 Å². The molecule has 21 heavy (non-hydrogen) atoms. The maximum Gasteiger partial charge on any atom is 0.243 e. The third kappa shape index (κ3) is 3.49. The summed E-state index contributed by atoms with van der Waals surface area (Å²) < 4.78 is 26.9. The summed E-state index contributed by atoms with van der Waals surface area (Å²) in [6.45, 7) is 2.53. The van der Waals surface area contributed by atoms with Crippen LogP contribution in [0.4, 0.5) is 0 Å². The lowest BCUT2D eigenvalue weighted by Gasteiger charge is -2.19. The topological polar surface area (TPSA) is 76.3 Å². The summed E-state index contributed by atoms with van der Waals surface area (Å²) in [5.41, 5.74) is 9.68. The zero-order chi connectivity index (χ0) is 15.5. The van der Waals surface area contributed by atoms with E-state index in [0.717, 1.165) is 16.8 Å². The van der Waals surface area contributed by atoms with Gasteiger partial charge in [0.1, 0.15) is 0 Å². The molecule has 0 aliphatic heterocycles.